The van der Waals surface area contributed by atoms with Gasteiger partial charge in [-0.25, -0.2) is 0 Å². The Bertz CT molecular complexity index is 169. The fourth-order valence-electron chi connectivity index (χ4n) is 2.45. The first kappa shape index (κ1) is 13.9. The maximum atomic E-state index is 9.73. The normalized spacial score (nSPS) is 23.6. The number of rotatable bonds is 7. The molecule has 16 heavy (non-hydrogen) atoms. The van der Waals surface area contributed by atoms with Crippen LogP contribution in [-0.4, -0.2) is 48.8 Å². The fraction of sp³-hybridized carbons (Fsp3) is 1.00. The maximum absolute atomic E-state index is 9.73. The Hall–Kier alpha value is -0.120. The molecular weight excluding hydrogens is 200 g/mol. The highest BCUT2D eigenvalue weighted by molar-refractivity contribution is 4.74. The van der Waals surface area contributed by atoms with Crippen molar-refractivity contribution in [2.75, 3.05) is 32.7 Å². The third-order valence-corrected chi connectivity index (χ3v) is 3.40. The Labute approximate surface area is 100 Å². The van der Waals surface area contributed by atoms with Gasteiger partial charge in [0.25, 0.3) is 0 Å². The Kier molecular flexibility index (Phi) is 7.01. The zero-order chi connectivity index (χ0) is 11.8. The molecular formula is C13H28N2O. The minimum atomic E-state index is -0.150. The van der Waals surface area contributed by atoms with E-state index in [-0.39, 0.29) is 6.10 Å². The van der Waals surface area contributed by atoms with Gasteiger partial charge >= 0.3 is 0 Å². The minimum Gasteiger partial charge on any atom is -0.392 e. The number of nitrogens with one attached hydrogen (secondary N) is 1. The zero-order valence-corrected chi connectivity index (χ0v) is 10.9. The summed E-state index contributed by atoms with van der Waals surface area (Å²) in [7, 11) is 0. The van der Waals surface area contributed by atoms with Crippen LogP contribution in [0.1, 0.15) is 39.5 Å². The second-order valence-corrected chi connectivity index (χ2v) is 5.03. The molecule has 0 aromatic carbocycles. The SMILES string of the molecule is CCCN(CC(O)CC)CC1CCCNC1. The Morgan fingerprint density at radius 1 is 1.44 bits per heavy atom. The summed E-state index contributed by atoms with van der Waals surface area (Å²) in [6, 6.07) is 0. The Morgan fingerprint density at radius 2 is 2.25 bits per heavy atom. The quantitative estimate of drug-likeness (QED) is 0.692. The van der Waals surface area contributed by atoms with E-state index >= 15 is 0 Å². The van der Waals surface area contributed by atoms with Crippen LogP contribution in [0.4, 0.5) is 0 Å². The first-order chi connectivity index (χ1) is 7.76. The van der Waals surface area contributed by atoms with Crippen LogP contribution in [0.15, 0.2) is 0 Å². The van der Waals surface area contributed by atoms with Gasteiger partial charge in [-0.05, 0) is 51.2 Å². The van der Waals surface area contributed by atoms with Crippen LogP contribution in [0.25, 0.3) is 0 Å². The number of piperidine rings is 1. The predicted octanol–water partition coefficient (Wildman–Crippen LogP) is 1.47. The molecule has 0 saturated carbocycles. The molecule has 1 rings (SSSR count). The lowest BCUT2D eigenvalue weighted by Crippen LogP contribution is -2.41. The van der Waals surface area contributed by atoms with Crippen LogP contribution in [0.5, 0.6) is 0 Å². The van der Waals surface area contributed by atoms with Crippen molar-refractivity contribution < 1.29 is 5.11 Å². The zero-order valence-electron chi connectivity index (χ0n) is 10.9. The number of hydrogen-bond donors (Lipinski definition) is 2. The standard InChI is InChI=1S/C13H28N2O/c1-3-8-15(11-13(16)4-2)10-12-6-5-7-14-9-12/h12-14,16H,3-11H2,1-2H3. The van der Waals surface area contributed by atoms with Gasteiger partial charge in [0.15, 0.2) is 0 Å². The molecule has 2 unspecified atom stereocenters. The van der Waals surface area contributed by atoms with E-state index in [0.717, 1.165) is 38.5 Å². The van der Waals surface area contributed by atoms with Crippen molar-refractivity contribution in [1.29, 1.82) is 0 Å². The maximum Gasteiger partial charge on any atom is 0.0664 e. The molecule has 0 radical (unpaired) electrons. The van der Waals surface area contributed by atoms with E-state index in [4.69, 9.17) is 0 Å². The number of nitrogens with zero attached hydrogens (tertiary/aromatic N) is 1. The molecule has 2 N–H and O–H groups in total. The molecule has 3 heteroatoms. The van der Waals surface area contributed by atoms with Crippen molar-refractivity contribution in [1.82, 2.24) is 10.2 Å². The van der Waals surface area contributed by atoms with Crippen LogP contribution in [0.3, 0.4) is 0 Å². The summed E-state index contributed by atoms with van der Waals surface area (Å²) in [6.45, 7) is 9.72. The first-order valence-electron chi connectivity index (χ1n) is 6.87. The van der Waals surface area contributed by atoms with Crippen molar-refractivity contribution >= 4 is 0 Å². The van der Waals surface area contributed by atoms with E-state index in [0.29, 0.717) is 0 Å². The average molecular weight is 228 g/mol. The van der Waals surface area contributed by atoms with Crippen LogP contribution < -0.4 is 5.32 Å². The van der Waals surface area contributed by atoms with Crippen molar-refractivity contribution in [2.24, 2.45) is 5.92 Å². The summed E-state index contributed by atoms with van der Waals surface area (Å²) in [5.41, 5.74) is 0. The van der Waals surface area contributed by atoms with E-state index in [1.54, 1.807) is 0 Å². The smallest absolute Gasteiger partial charge is 0.0664 e. The molecule has 0 bridgehead atoms. The second-order valence-electron chi connectivity index (χ2n) is 5.03. The van der Waals surface area contributed by atoms with Gasteiger partial charge in [-0.1, -0.05) is 13.8 Å². The Balaban J connectivity index is 2.30. The van der Waals surface area contributed by atoms with Gasteiger partial charge in [0, 0.05) is 13.1 Å². The minimum absolute atomic E-state index is 0.150. The highest BCUT2D eigenvalue weighted by atomic mass is 16.3. The van der Waals surface area contributed by atoms with Gasteiger partial charge in [-0.3, -0.25) is 0 Å². The molecule has 96 valence electrons. The predicted molar refractivity (Wildman–Crippen MR) is 68.6 cm³/mol. The van der Waals surface area contributed by atoms with E-state index in [1.165, 1.54) is 25.8 Å². The highest BCUT2D eigenvalue weighted by Crippen LogP contribution is 2.12. The van der Waals surface area contributed by atoms with Crippen molar-refractivity contribution in [2.45, 2.75) is 45.6 Å². The largest absolute Gasteiger partial charge is 0.392 e. The molecule has 0 spiro atoms. The van der Waals surface area contributed by atoms with Crippen LogP contribution >= 0.6 is 0 Å². The van der Waals surface area contributed by atoms with Gasteiger partial charge in [-0.15, -0.1) is 0 Å². The molecule has 0 aromatic rings. The summed E-state index contributed by atoms with van der Waals surface area (Å²) in [4.78, 5) is 2.44. The molecule has 0 aromatic heterocycles. The fourth-order valence-corrected chi connectivity index (χ4v) is 2.45. The van der Waals surface area contributed by atoms with Gasteiger partial charge in [0.1, 0.15) is 0 Å². The molecule has 2 atom stereocenters. The molecule has 3 nitrogen and oxygen atoms in total. The molecule has 0 aliphatic carbocycles. The molecule has 1 heterocycles. The summed E-state index contributed by atoms with van der Waals surface area (Å²) in [5.74, 6) is 0.782. The average Bonchev–Trinajstić information content (AvgIpc) is 2.30. The van der Waals surface area contributed by atoms with Crippen molar-refractivity contribution in [3.63, 3.8) is 0 Å². The molecule has 0 amide bonds. The highest BCUT2D eigenvalue weighted by Gasteiger charge is 2.17. The summed E-state index contributed by atoms with van der Waals surface area (Å²) in [5, 5.41) is 13.2. The summed E-state index contributed by atoms with van der Waals surface area (Å²) < 4.78 is 0. The van der Waals surface area contributed by atoms with Gasteiger partial charge in [0.05, 0.1) is 6.10 Å². The van der Waals surface area contributed by atoms with Gasteiger partial charge in [-0.2, -0.15) is 0 Å². The van der Waals surface area contributed by atoms with Crippen LogP contribution in [0.2, 0.25) is 0 Å². The lowest BCUT2D eigenvalue weighted by atomic mass is 9.99. The number of aliphatic hydroxyl groups excluding tert-OH is 1. The molecule has 1 aliphatic rings. The third kappa shape index (κ3) is 5.28. The van der Waals surface area contributed by atoms with Crippen molar-refractivity contribution in [3.05, 3.63) is 0 Å². The van der Waals surface area contributed by atoms with E-state index in [9.17, 15) is 5.11 Å². The van der Waals surface area contributed by atoms with E-state index < -0.39 is 0 Å². The lowest BCUT2D eigenvalue weighted by Gasteiger charge is -2.31. The van der Waals surface area contributed by atoms with E-state index in [2.05, 4.69) is 24.1 Å². The summed E-state index contributed by atoms with van der Waals surface area (Å²) in [6.07, 6.45) is 4.54. The molecule has 1 fully saturated rings. The molecule has 1 aliphatic heterocycles. The number of aliphatic hydroxyl groups is 1. The third-order valence-electron chi connectivity index (χ3n) is 3.40. The monoisotopic (exact) mass is 228 g/mol. The Morgan fingerprint density at radius 3 is 2.81 bits per heavy atom. The van der Waals surface area contributed by atoms with Crippen LogP contribution in [-0.2, 0) is 0 Å². The van der Waals surface area contributed by atoms with Gasteiger partial charge in [0.2, 0.25) is 0 Å². The topological polar surface area (TPSA) is 35.5 Å². The summed E-state index contributed by atoms with van der Waals surface area (Å²) >= 11 is 0. The van der Waals surface area contributed by atoms with Crippen LogP contribution in [0, 0.1) is 5.92 Å². The van der Waals surface area contributed by atoms with Crippen molar-refractivity contribution in [3.8, 4) is 0 Å². The molecule has 1 saturated heterocycles. The van der Waals surface area contributed by atoms with Gasteiger partial charge < -0.3 is 15.3 Å². The van der Waals surface area contributed by atoms with E-state index in [1.807, 2.05) is 0 Å². The number of hydrogen-bond acceptors (Lipinski definition) is 3. The second kappa shape index (κ2) is 8.04. The first-order valence-corrected chi connectivity index (χ1v) is 6.87. The lowest BCUT2D eigenvalue weighted by molar-refractivity contribution is 0.0962.